The lowest BCUT2D eigenvalue weighted by atomic mass is 10.00. The summed E-state index contributed by atoms with van der Waals surface area (Å²) < 4.78 is 4.89. The maximum absolute atomic E-state index is 5.36. The molecule has 0 saturated carbocycles. The van der Waals surface area contributed by atoms with E-state index in [1.165, 1.54) is 43.2 Å². The van der Waals surface area contributed by atoms with Gasteiger partial charge in [-0.25, -0.2) is 15.0 Å². The van der Waals surface area contributed by atoms with E-state index in [2.05, 4.69) is 215 Å². The Hall–Kier alpha value is -8.06. The van der Waals surface area contributed by atoms with Gasteiger partial charge >= 0.3 is 0 Å². The third-order valence-electron chi connectivity index (χ3n) is 12.3. The maximum atomic E-state index is 5.36. The Bertz CT molecular complexity index is 3760. The minimum absolute atomic E-state index is 0.626. The van der Waals surface area contributed by atoms with Crippen LogP contribution in [0.4, 0.5) is 0 Å². The predicted molar refractivity (Wildman–Crippen MR) is 260 cm³/mol. The van der Waals surface area contributed by atoms with Gasteiger partial charge in [0.25, 0.3) is 0 Å². The molecule has 9 aromatic carbocycles. The molecule has 0 atom stereocenters. The molecule has 0 saturated heterocycles. The van der Waals surface area contributed by atoms with E-state index in [4.69, 9.17) is 15.0 Å². The molecule has 63 heavy (non-hydrogen) atoms. The van der Waals surface area contributed by atoms with E-state index in [-0.39, 0.29) is 0 Å². The van der Waals surface area contributed by atoms with Gasteiger partial charge in [-0.15, -0.1) is 0 Å². The zero-order valence-electron chi connectivity index (χ0n) is 33.9. The molecule has 0 radical (unpaired) electrons. The van der Waals surface area contributed by atoms with Crippen LogP contribution in [0.25, 0.3) is 111 Å². The number of aromatic nitrogens is 5. The fraction of sp³-hybridized carbons (Fsp3) is 0. The van der Waals surface area contributed by atoms with Crippen molar-refractivity contribution in [2.75, 3.05) is 0 Å². The monoisotopic (exact) mass is 821 g/mol. The van der Waals surface area contributed by atoms with E-state index >= 15 is 0 Å². The summed E-state index contributed by atoms with van der Waals surface area (Å²) >= 11 is 1.80. The standard InChI is InChI=1S/C57H35N5S/c1-4-15-36(16-5-1)38-19-12-20-42(34-38)54-58-55(43-32-31-40-33-39(29-30-41(40)35-43)37-17-6-2-7-18-37)60-56(59-54)47-25-13-27-49-53(47)63-50-28-14-24-46-51-45-23-10-11-26-48(45)61(44-21-8-3-9-22-44)57(51)62(49)52(46)50/h1-35H. The number of hydrogen-bond acceptors (Lipinski definition) is 4. The average molecular weight is 822 g/mol. The van der Waals surface area contributed by atoms with Crippen LogP contribution in [0.15, 0.2) is 222 Å². The summed E-state index contributed by atoms with van der Waals surface area (Å²) in [7, 11) is 0. The van der Waals surface area contributed by atoms with Crippen LogP contribution in [0.3, 0.4) is 0 Å². The SMILES string of the molecule is c1ccc(-c2cccc(-c3nc(-c4ccc5cc(-c6ccccc6)ccc5c4)nc(-c4cccc5c4Sc4cccc6c7c8ccccc8n(-c8ccccc8)c7n-5c46)n3)c2)cc1. The predicted octanol–water partition coefficient (Wildman–Crippen LogP) is 14.9. The van der Waals surface area contributed by atoms with Gasteiger partial charge in [0.15, 0.2) is 17.5 Å². The van der Waals surface area contributed by atoms with Crippen molar-refractivity contribution in [3.05, 3.63) is 212 Å². The second-order valence-corrected chi connectivity index (χ2v) is 17.1. The van der Waals surface area contributed by atoms with Crippen LogP contribution in [0, 0.1) is 0 Å². The summed E-state index contributed by atoms with van der Waals surface area (Å²) in [6.45, 7) is 0. The smallest absolute Gasteiger partial charge is 0.165 e. The van der Waals surface area contributed by atoms with Crippen molar-refractivity contribution in [2.24, 2.45) is 0 Å². The van der Waals surface area contributed by atoms with Gasteiger partial charge in [-0.3, -0.25) is 9.13 Å². The Morgan fingerprint density at radius 2 is 0.937 bits per heavy atom. The highest BCUT2D eigenvalue weighted by atomic mass is 32.2. The zero-order valence-corrected chi connectivity index (χ0v) is 34.7. The van der Waals surface area contributed by atoms with E-state index in [1.54, 1.807) is 11.8 Å². The van der Waals surface area contributed by atoms with Gasteiger partial charge < -0.3 is 0 Å². The van der Waals surface area contributed by atoms with Crippen molar-refractivity contribution in [1.82, 2.24) is 24.1 Å². The highest BCUT2D eigenvalue weighted by Gasteiger charge is 2.30. The van der Waals surface area contributed by atoms with Gasteiger partial charge in [0, 0.05) is 48.3 Å². The number of benzene rings is 9. The fourth-order valence-corrected chi connectivity index (χ4v) is 10.6. The molecule has 3 aromatic heterocycles. The van der Waals surface area contributed by atoms with Crippen molar-refractivity contribution in [1.29, 1.82) is 0 Å². The quantitative estimate of drug-likeness (QED) is 0.168. The second kappa shape index (κ2) is 14.3. The van der Waals surface area contributed by atoms with E-state index in [9.17, 15) is 0 Å². The van der Waals surface area contributed by atoms with E-state index in [0.717, 1.165) is 60.5 Å². The van der Waals surface area contributed by atoms with Crippen LogP contribution in [0.2, 0.25) is 0 Å². The highest BCUT2D eigenvalue weighted by Crippen LogP contribution is 2.51. The van der Waals surface area contributed by atoms with Gasteiger partial charge in [0.1, 0.15) is 5.65 Å². The summed E-state index contributed by atoms with van der Waals surface area (Å²) in [6.07, 6.45) is 0. The summed E-state index contributed by atoms with van der Waals surface area (Å²) in [6, 6.07) is 75.4. The summed E-state index contributed by atoms with van der Waals surface area (Å²) in [5.74, 6) is 1.88. The minimum Gasteiger partial charge on any atom is -0.295 e. The molecule has 0 fully saturated rings. The molecule has 294 valence electrons. The molecule has 4 heterocycles. The first-order valence-corrected chi connectivity index (χ1v) is 22.0. The molecule has 0 aliphatic carbocycles. The van der Waals surface area contributed by atoms with Crippen molar-refractivity contribution >= 4 is 55.4 Å². The van der Waals surface area contributed by atoms with Crippen LogP contribution >= 0.6 is 11.8 Å². The molecular weight excluding hydrogens is 787 g/mol. The van der Waals surface area contributed by atoms with Crippen LogP contribution in [-0.4, -0.2) is 24.1 Å². The van der Waals surface area contributed by atoms with Crippen LogP contribution < -0.4 is 0 Å². The number of nitrogens with zero attached hydrogens (tertiary/aromatic N) is 5. The molecule has 0 amide bonds. The van der Waals surface area contributed by atoms with Gasteiger partial charge in [-0.1, -0.05) is 169 Å². The molecule has 0 bridgehead atoms. The molecule has 1 aliphatic rings. The molecule has 12 aromatic rings. The normalized spacial score (nSPS) is 12.1. The van der Waals surface area contributed by atoms with Crippen molar-refractivity contribution in [3.63, 3.8) is 0 Å². The van der Waals surface area contributed by atoms with Crippen molar-refractivity contribution in [2.45, 2.75) is 9.79 Å². The third-order valence-corrected chi connectivity index (χ3v) is 13.5. The van der Waals surface area contributed by atoms with Crippen LogP contribution in [-0.2, 0) is 0 Å². The Labute approximate surface area is 367 Å². The van der Waals surface area contributed by atoms with E-state index in [0.29, 0.717) is 17.5 Å². The lowest BCUT2D eigenvalue weighted by molar-refractivity contribution is 1.02. The Kier molecular flexibility index (Phi) is 8.08. The van der Waals surface area contributed by atoms with Gasteiger partial charge in [0.05, 0.1) is 16.7 Å². The Balaban J connectivity index is 1.03. The number of rotatable bonds is 6. The first kappa shape index (κ1) is 35.7. The number of fused-ring (bicyclic) bond motifs is 8. The minimum atomic E-state index is 0.626. The molecule has 6 heteroatoms. The lowest BCUT2D eigenvalue weighted by Gasteiger charge is -2.23. The lowest BCUT2D eigenvalue weighted by Crippen LogP contribution is -2.07. The van der Waals surface area contributed by atoms with Gasteiger partial charge in [-0.2, -0.15) is 0 Å². The second-order valence-electron chi connectivity index (χ2n) is 16.0. The third kappa shape index (κ3) is 5.76. The van der Waals surface area contributed by atoms with Gasteiger partial charge in [0.2, 0.25) is 0 Å². The molecule has 1 aliphatic heterocycles. The zero-order chi connectivity index (χ0) is 41.4. The Morgan fingerprint density at radius 1 is 0.381 bits per heavy atom. The number of para-hydroxylation sites is 3. The van der Waals surface area contributed by atoms with Crippen LogP contribution in [0.5, 0.6) is 0 Å². The molecule has 0 N–H and O–H groups in total. The fourth-order valence-electron chi connectivity index (χ4n) is 9.43. The molecule has 0 unspecified atom stereocenters. The first-order chi connectivity index (χ1) is 31.2. The van der Waals surface area contributed by atoms with E-state index < -0.39 is 0 Å². The molecule has 13 rings (SSSR count). The van der Waals surface area contributed by atoms with Crippen LogP contribution in [0.1, 0.15) is 0 Å². The largest absolute Gasteiger partial charge is 0.295 e. The molecule has 0 spiro atoms. The van der Waals surface area contributed by atoms with Crippen molar-refractivity contribution in [3.8, 4) is 67.8 Å². The number of hydrogen-bond donors (Lipinski definition) is 0. The Morgan fingerprint density at radius 3 is 1.70 bits per heavy atom. The van der Waals surface area contributed by atoms with Gasteiger partial charge in [-0.05, 0) is 87.6 Å². The van der Waals surface area contributed by atoms with Crippen molar-refractivity contribution < 1.29 is 0 Å². The first-order valence-electron chi connectivity index (χ1n) is 21.2. The maximum Gasteiger partial charge on any atom is 0.165 e. The summed E-state index contributed by atoms with van der Waals surface area (Å²) in [5, 5.41) is 6.01. The molecular formula is C57H35N5S. The summed E-state index contributed by atoms with van der Waals surface area (Å²) in [5.41, 5.74) is 13.2. The van der Waals surface area contributed by atoms with E-state index in [1.807, 2.05) is 6.07 Å². The topological polar surface area (TPSA) is 48.5 Å². The average Bonchev–Trinajstić information content (AvgIpc) is 3.88. The summed E-state index contributed by atoms with van der Waals surface area (Å²) in [4.78, 5) is 18.3. The highest BCUT2D eigenvalue weighted by molar-refractivity contribution is 8.00. The molecule has 5 nitrogen and oxygen atoms in total.